The molecule has 23 nitrogen and oxygen atoms in total. The number of H-pyrrole nitrogens is 3. The molecule has 3 heterocycles. The van der Waals surface area contributed by atoms with Gasteiger partial charge in [-0.2, -0.15) is 13.2 Å². The molecule has 0 aliphatic carbocycles. The first-order chi connectivity index (χ1) is 43.9. The number of nitrogens with one attached hydrogen (secondary N) is 9. The summed E-state index contributed by atoms with van der Waals surface area (Å²) in [6.07, 6.45) is -5.07. The molecular weight excluding hydrogens is 1190 g/mol. The molecule has 0 saturated heterocycles. The molecule has 16 N–H and O–H groups in total. The monoisotopic (exact) mass is 1260 g/mol. The maximum Gasteiger partial charge on any atom is 0.490 e. The number of rotatable bonds is 24. The predicted octanol–water partition coefficient (Wildman–Crippen LogP) is 6.77. The number of anilines is 3. The van der Waals surface area contributed by atoms with Gasteiger partial charge in [0.1, 0.15) is 35.4 Å². The van der Waals surface area contributed by atoms with E-state index in [0.29, 0.717) is 34.3 Å². The van der Waals surface area contributed by atoms with Gasteiger partial charge in [0.05, 0.1) is 40.6 Å². The van der Waals surface area contributed by atoms with E-state index in [2.05, 4.69) is 46.9 Å². The van der Waals surface area contributed by atoms with E-state index in [9.17, 15) is 41.9 Å². The third kappa shape index (κ3) is 16.4. The summed E-state index contributed by atoms with van der Waals surface area (Å²) < 4.78 is 47.9. The molecule has 0 radical (unpaired) electrons. The van der Waals surface area contributed by atoms with Crippen LogP contribution in [0.1, 0.15) is 56.4 Å². The van der Waals surface area contributed by atoms with Crippen LogP contribution in [0.4, 0.5) is 30.2 Å². The molecule has 26 heteroatoms. The van der Waals surface area contributed by atoms with Crippen molar-refractivity contribution in [2.75, 3.05) is 56.9 Å². The first-order valence-corrected chi connectivity index (χ1v) is 28.9. The van der Waals surface area contributed by atoms with Gasteiger partial charge in [-0.15, -0.1) is 0 Å². The number of amides is 6. The van der Waals surface area contributed by atoms with E-state index in [1.54, 1.807) is 57.7 Å². The van der Waals surface area contributed by atoms with E-state index in [1.807, 2.05) is 112 Å². The Kier molecular flexibility index (Phi) is 21.7. The quantitative estimate of drug-likeness (QED) is 0.0278. The van der Waals surface area contributed by atoms with Crippen molar-refractivity contribution in [2.24, 2.45) is 17.2 Å². The fourth-order valence-corrected chi connectivity index (χ4v) is 10.6. The van der Waals surface area contributed by atoms with Crippen LogP contribution in [0.25, 0.3) is 32.7 Å². The summed E-state index contributed by atoms with van der Waals surface area (Å²) in [5.41, 5.74) is 29.3. The summed E-state index contributed by atoms with van der Waals surface area (Å²) in [7, 11) is 4.73. The molecule has 0 spiro atoms. The number of aromatic nitrogens is 3. The summed E-state index contributed by atoms with van der Waals surface area (Å²) in [6, 6.07) is 35.3. The van der Waals surface area contributed by atoms with Gasteiger partial charge < -0.3 is 83.4 Å². The minimum absolute atomic E-state index is 0.00585. The Morgan fingerprint density at radius 1 is 0.446 bits per heavy atom. The lowest BCUT2D eigenvalue weighted by Crippen LogP contribution is -2.48. The number of carboxylic acid groups (broad SMARTS) is 1. The van der Waals surface area contributed by atoms with Gasteiger partial charge in [0.15, 0.2) is 0 Å². The maximum atomic E-state index is 13.7. The second-order valence-electron chi connectivity index (χ2n) is 21.6. The van der Waals surface area contributed by atoms with Gasteiger partial charge in [-0.25, -0.2) is 4.79 Å². The van der Waals surface area contributed by atoms with Gasteiger partial charge in [0.2, 0.25) is 35.4 Å². The predicted molar refractivity (Wildman–Crippen MR) is 343 cm³/mol. The van der Waals surface area contributed by atoms with Crippen LogP contribution < -0.4 is 63.3 Å². The third-order valence-electron chi connectivity index (χ3n) is 15.4. The van der Waals surface area contributed by atoms with Crippen molar-refractivity contribution in [2.45, 2.75) is 70.3 Å². The van der Waals surface area contributed by atoms with Crippen LogP contribution in [0.5, 0.6) is 17.2 Å². The largest absolute Gasteiger partial charge is 0.497 e. The lowest BCUT2D eigenvalue weighted by molar-refractivity contribution is -0.192. The molecule has 0 unspecified atom stereocenters. The number of aryl methyl sites for hydroxylation is 3. The summed E-state index contributed by atoms with van der Waals surface area (Å²) in [5, 5.41) is 26.7. The standard InChI is InChI=1S/C64H70N12O9.C2HF3O2/c1-34-46(49-25-43(83-4)19-22-52(49)68-34)28-58(77)74-55(31-65)62(80)71-40-13-7-37(8-14-40)61(38-9-15-41(16-10-38)72-63(81)56(32-66)75-59(78)29-47-35(2)69-53-23-20-44(84-5)26-50(47)53)39-11-17-42(18-12-39)73-64(82)57(33-67)76-60(79)30-48-36(3)70-54-24-21-45(85-6)27-51(48)54;3-2(4,5)1(6)7/h7-27,55-57,61,68-70H,28-33,65-67H2,1-6H3,(H,71,80)(H,72,81)(H,73,82)(H,74,77)(H,75,78)(H,76,79);(H,6,7)/t55-,56-,57-;/m0./s1. The van der Waals surface area contributed by atoms with Crippen molar-refractivity contribution in [3.05, 3.63) is 178 Å². The molecule has 0 aliphatic heterocycles. The van der Waals surface area contributed by atoms with Crippen LogP contribution in [0.3, 0.4) is 0 Å². The minimum atomic E-state index is -5.08. The van der Waals surface area contributed by atoms with Crippen LogP contribution in [0, 0.1) is 20.8 Å². The molecular formula is C66H71F3N12O11. The number of alkyl halides is 3. The van der Waals surface area contributed by atoms with Crippen molar-refractivity contribution >= 4 is 91.2 Å². The molecule has 6 amide bonds. The second kappa shape index (κ2) is 29.7. The maximum absolute atomic E-state index is 13.7. The smallest absolute Gasteiger partial charge is 0.490 e. The number of nitrogens with two attached hydrogens (primary N) is 3. The molecule has 3 atom stereocenters. The molecule has 9 rings (SSSR count). The topological polar surface area (TPSA) is 365 Å². The zero-order valence-corrected chi connectivity index (χ0v) is 51.1. The molecule has 0 fully saturated rings. The number of benzene rings is 6. The Hall–Kier alpha value is -10.7. The van der Waals surface area contributed by atoms with E-state index >= 15 is 0 Å². The number of hydrogen-bond acceptors (Lipinski definition) is 13. The van der Waals surface area contributed by atoms with Crippen molar-refractivity contribution < 1.29 is 66.1 Å². The van der Waals surface area contributed by atoms with Crippen molar-refractivity contribution in [1.82, 2.24) is 30.9 Å². The highest BCUT2D eigenvalue weighted by molar-refractivity contribution is 6.01. The van der Waals surface area contributed by atoms with Crippen LogP contribution >= 0.6 is 0 Å². The number of hydrogen-bond donors (Lipinski definition) is 13. The third-order valence-corrected chi connectivity index (χ3v) is 15.4. The van der Waals surface area contributed by atoms with E-state index in [1.165, 1.54) is 0 Å². The van der Waals surface area contributed by atoms with Gasteiger partial charge >= 0.3 is 12.1 Å². The SMILES string of the molecule is COc1ccc2[nH]c(C)c(CC(=O)N[C@@H](CN)C(=O)Nc3ccc(C(c4ccc(NC(=O)[C@H](CN)NC(=O)Cc5c(C)[nH]c6ccc(OC)cc56)cc4)c4ccc(NC(=O)[C@H](CN)NC(=O)Cc5c(C)[nH]c6ccc(OC)cc56)cc4)cc3)c2c1.O=C(O)C(F)(F)F. The van der Waals surface area contributed by atoms with Gasteiger partial charge in [0, 0.05) is 92.4 Å². The van der Waals surface area contributed by atoms with Crippen molar-refractivity contribution in [3.63, 3.8) is 0 Å². The highest BCUT2D eigenvalue weighted by Crippen LogP contribution is 2.35. The fourth-order valence-electron chi connectivity index (χ4n) is 10.6. The van der Waals surface area contributed by atoms with Gasteiger partial charge in [0.25, 0.3) is 0 Å². The Morgan fingerprint density at radius 2 is 0.696 bits per heavy atom. The summed E-state index contributed by atoms with van der Waals surface area (Å²) >= 11 is 0. The molecule has 3 aromatic heterocycles. The van der Waals surface area contributed by atoms with Crippen LogP contribution in [-0.4, -0.2) is 127 Å². The van der Waals surface area contributed by atoms with Crippen LogP contribution in [-0.2, 0) is 52.8 Å². The van der Waals surface area contributed by atoms with E-state index < -0.39 is 53.9 Å². The van der Waals surface area contributed by atoms with E-state index in [-0.39, 0.29) is 56.6 Å². The number of carbonyl (C=O) groups excluding carboxylic acids is 6. The molecule has 482 valence electrons. The van der Waals surface area contributed by atoms with Crippen LogP contribution in [0.2, 0.25) is 0 Å². The second-order valence-corrected chi connectivity index (χ2v) is 21.6. The summed E-state index contributed by atoms with van der Waals surface area (Å²) in [5.74, 6) is -3.90. The Balaban J connectivity index is 0.00000147. The number of fused-ring (bicyclic) bond motifs is 3. The Labute approximate surface area is 525 Å². The molecule has 9 aromatic rings. The zero-order valence-electron chi connectivity index (χ0n) is 51.1. The minimum Gasteiger partial charge on any atom is -0.497 e. The Morgan fingerprint density at radius 3 is 0.913 bits per heavy atom. The fraction of sp³-hybridized carbons (Fsp3) is 0.258. The highest BCUT2D eigenvalue weighted by Gasteiger charge is 2.38. The number of carboxylic acids is 1. The average Bonchev–Trinajstić information content (AvgIpc) is 1.59. The molecule has 0 aliphatic rings. The number of carbonyl (C=O) groups is 7. The van der Waals surface area contributed by atoms with Gasteiger partial charge in [-0.05, 0) is 145 Å². The van der Waals surface area contributed by atoms with E-state index in [4.69, 9.17) is 41.3 Å². The number of aromatic amines is 3. The summed E-state index contributed by atoms with van der Waals surface area (Å²) in [6.45, 7) is 5.18. The normalized spacial score (nSPS) is 12.3. The summed E-state index contributed by atoms with van der Waals surface area (Å²) in [4.78, 5) is 100. The number of ether oxygens (including phenoxy) is 3. The average molecular weight is 1270 g/mol. The van der Waals surface area contributed by atoms with Gasteiger partial charge in [-0.1, -0.05) is 36.4 Å². The van der Waals surface area contributed by atoms with Crippen LogP contribution in [0.15, 0.2) is 127 Å². The van der Waals surface area contributed by atoms with Crippen molar-refractivity contribution in [1.29, 1.82) is 0 Å². The number of methoxy groups -OCH3 is 3. The van der Waals surface area contributed by atoms with E-state index in [0.717, 1.165) is 83.2 Å². The first kappa shape index (κ1) is 67.2. The van der Waals surface area contributed by atoms with Gasteiger partial charge in [-0.3, -0.25) is 28.8 Å². The number of aliphatic carboxylic acids is 1. The van der Waals surface area contributed by atoms with Crippen molar-refractivity contribution in [3.8, 4) is 17.2 Å². The highest BCUT2D eigenvalue weighted by atomic mass is 19.4. The lowest BCUT2D eigenvalue weighted by Gasteiger charge is -2.22. The molecule has 0 bridgehead atoms. The molecule has 6 aromatic carbocycles. The lowest BCUT2D eigenvalue weighted by atomic mass is 9.85. The molecule has 0 saturated carbocycles. The molecule has 92 heavy (non-hydrogen) atoms. The number of halogens is 3. The zero-order chi connectivity index (χ0) is 66.6. The first-order valence-electron chi connectivity index (χ1n) is 28.9. The Bertz CT molecular complexity index is 3760.